The largest absolute Gasteiger partial charge is 0.459 e. The van der Waals surface area contributed by atoms with E-state index in [-0.39, 0.29) is 30.1 Å². The topological polar surface area (TPSA) is 86.1 Å². The summed E-state index contributed by atoms with van der Waals surface area (Å²) in [5.41, 5.74) is -0.280. The van der Waals surface area contributed by atoms with Crippen molar-refractivity contribution in [2.45, 2.75) is 25.3 Å². The molecule has 0 bridgehead atoms. The number of carbonyl (C=O) groups excluding carboxylic acids is 3. The van der Waals surface area contributed by atoms with Crippen LogP contribution in [0.25, 0.3) is 0 Å². The number of halogens is 1. The summed E-state index contributed by atoms with van der Waals surface area (Å²) in [5.74, 6) is -0.383. The molecule has 1 aromatic heterocycles. The van der Waals surface area contributed by atoms with Gasteiger partial charge in [-0.2, -0.15) is 0 Å². The van der Waals surface area contributed by atoms with Gasteiger partial charge in [0.1, 0.15) is 5.82 Å². The molecule has 3 amide bonds. The number of furan rings is 1. The predicted octanol–water partition coefficient (Wildman–Crippen LogP) is 1.83. The van der Waals surface area contributed by atoms with Crippen LogP contribution in [0.2, 0.25) is 0 Å². The molecule has 2 aliphatic rings. The number of piperazine rings is 1. The summed E-state index contributed by atoms with van der Waals surface area (Å²) in [6.07, 6.45) is 2.51. The van der Waals surface area contributed by atoms with E-state index in [1.54, 1.807) is 40.1 Å². The molecule has 176 valence electrons. The monoisotopic (exact) mass is 456 g/mol. The quantitative estimate of drug-likeness (QED) is 0.742. The molecule has 2 fully saturated rings. The van der Waals surface area contributed by atoms with Crippen LogP contribution in [0, 0.1) is 5.82 Å². The summed E-state index contributed by atoms with van der Waals surface area (Å²) < 4.78 is 19.7. The molecule has 0 unspecified atom stereocenters. The highest BCUT2D eigenvalue weighted by molar-refractivity contribution is 5.91. The van der Waals surface area contributed by atoms with Gasteiger partial charge in [0.2, 0.25) is 11.8 Å². The lowest BCUT2D eigenvalue weighted by Gasteiger charge is -2.43. The Labute approximate surface area is 192 Å². The van der Waals surface area contributed by atoms with E-state index in [2.05, 4.69) is 5.32 Å². The van der Waals surface area contributed by atoms with E-state index in [0.717, 1.165) is 0 Å². The Morgan fingerprint density at radius 3 is 2.24 bits per heavy atom. The second-order valence-corrected chi connectivity index (χ2v) is 8.67. The number of nitrogens with one attached hydrogen (secondary N) is 1. The van der Waals surface area contributed by atoms with Gasteiger partial charge in [-0.15, -0.1) is 0 Å². The molecule has 0 aliphatic carbocycles. The SMILES string of the molecule is CC(=O)NC1(c2ccccc2F)CCN(CC(=O)N2CCN(C(=O)c3ccco3)CC2)CC1. The normalized spacial score (nSPS) is 18.7. The average molecular weight is 457 g/mol. The van der Waals surface area contributed by atoms with E-state index in [9.17, 15) is 18.8 Å². The molecule has 2 saturated heterocycles. The molecule has 33 heavy (non-hydrogen) atoms. The predicted molar refractivity (Wildman–Crippen MR) is 119 cm³/mol. The molecular formula is C24H29FN4O4. The Morgan fingerprint density at radius 1 is 0.970 bits per heavy atom. The summed E-state index contributed by atoms with van der Waals surface area (Å²) in [5, 5.41) is 2.97. The number of hydrogen-bond acceptors (Lipinski definition) is 5. The Morgan fingerprint density at radius 2 is 1.64 bits per heavy atom. The zero-order valence-corrected chi connectivity index (χ0v) is 18.8. The van der Waals surface area contributed by atoms with Crippen molar-refractivity contribution in [2.24, 2.45) is 0 Å². The van der Waals surface area contributed by atoms with Crippen LogP contribution in [-0.2, 0) is 15.1 Å². The molecule has 0 atom stereocenters. The third kappa shape index (κ3) is 5.08. The lowest BCUT2D eigenvalue weighted by atomic mass is 9.80. The van der Waals surface area contributed by atoms with Crippen molar-refractivity contribution in [3.8, 4) is 0 Å². The van der Waals surface area contributed by atoms with Crippen LogP contribution in [0.4, 0.5) is 4.39 Å². The second-order valence-electron chi connectivity index (χ2n) is 8.67. The zero-order valence-electron chi connectivity index (χ0n) is 18.8. The second kappa shape index (κ2) is 9.74. The Hall–Kier alpha value is -3.20. The maximum atomic E-state index is 14.5. The van der Waals surface area contributed by atoms with Crippen molar-refractivity contribution in [1.29, 1.82) is 0 Å². The van der Waals surface area contributed by atoms with Gasteiger partial charge in [-0.25, -0.2) is 4.39 Å². The maximum absolute atomic E-state index is 14.5. The van der Waals surface area contributed by atoms with Crippen LogP contribution in [0.15, 0.2) is 47.1 Å². The van der Waals surface area contributed by atoms with Crippen LogP contribution in [0.1, 0.15) is 35.9 Å². The molecule has 9 heteroatoms. The van der Waals surface area contributed by atoms with Gasteiger partial charge in [0.15, 0.2) is 5.76 Å². The van der Waals surface area contributed by atoms with E-state index in [1.807, 2.05) is 4.90 Å². The number of piperidine rings is 1. The molecule has 4 rings (SSSR count). The Balaban J connectivity index is 1.31. The minimum Gasteiger partial charge on any atom is -0.459 e. The van der Waals surface area contributed by atoms with Gasteiger partial charge in [0.05, 0.1) is 18.3 Å². The first-order chi connectivity index (χ1) is 15.9. The van der Waals surface area contributed by atoms with Crippen LogP contribution in [0.5, 0.6) is 0 Å². The highest BCUT2D eigenvalue weighted by Gasteiger charge is 2.39. The van der Waals surface area contributed by atoms with Gasteiger partial charge in [-0.1, -0.05) is 18.2 Å². The number of benzene rings is 1. The van der Waals surface area contributed by atoms with Crippen molar-refractivity contribution in [2.75, 3.05) is 45.8 Å². The van der Waals surface area contributed by atoms with Gasteiger partial charge in [-0.3, -0.25) is 19.3 Å². The minimum absolute atomic E-state index is 0.0121. The fraction of sp³-hybridized carbons (Fsp3) is 0.458. The molecule has 1 N–H and O–H groups in total. The van der Waals surface area contributed by atoms with E-state index >= 15 is 0 Å². The van der Waals surface area contributed by atoms with Crippen molar-refractivity contribution in [1.82, 2.24) is 20.0 Å². The molecule has 0 radical (unpaired) electrons. The van der Waals surface area contributed by atoms with Gasteiger partial charge in [0.25, 0.3) is 5.91 Å². The molecule has 8 nitrogen and oxygen atoms in total. The Bertz CT molecular complexity index is 994. The van der Waals surface area contributed by atoms with E-state index < -0.39 is 5.54 Å². The van der Waals surface area contributed by atoms with Crippen molar-refractivity contribution >= 4 is 17.7 Å². The highest BCUT2D eigenvalue weighted by Crippen LogP contribution is 2.34. The van der Waals surface area contributed by atoms with Gasteiger partial charge < -0.3 is 19.5 Å². The van der Waals surface area contributed by atoms with Crippen LogP contribution in [-0.4, -0.2) is 78.2 Å². The summed E-state index contributed by atoms with van der Waals surface area (Å²) in [7, 11) is 0. The van der Waals surface area contributed by atoms with E-state index in [1.165, 1.54) is 19.3 Å². The van der Waals surface area contributed by atoms with E-state index in [4.69, 9.17) is 4.42 Å². The lowest BCUT2D eigenvalue weighted by Crippen LogP contribution is -2.56. The smallest absolute Gasteiger partial charge is 0.289 e. The first kappa shape index (κ1) is 23.0. The first-order valence-electron chi connectivity index (χ1n) is 11.2. The molecule has 1 aromatic carbocycles. The minimum atomic E-state index is -0.769. The van der Waals surface area contributed by atoms with Gasteiger partial charge in [0, 0.05) is 51.8 Å². The molecule has 2 aliphatic heterocycles. The summed E-state index contributed by atoms with van der Waals surface area (Å²) in [6, 6.07) is 9.85. The van der Waals surface area contributed by atoms with Crippen LogP contribution in [0.3, 0.4) is 0 Å². The number of amides is 3. The number of carbonyl (C=O) groups is 3. The number of rotatable bonds is 5. The summed E-state index contributed by atoms with van der Waals surface area (Å²) in [6.45, 7) is 4.71. The number of hydrogen-bond donors (Lipinski definition) is 1. The fourth-order valence-corrected chi connectivity index (χ4v) is 4.75. The molecule has 2 aromatic rings. The summed E-state index contributed by atoms with van der Waals surface area (Å²) >= 11 is 0. The fourth-order valence-electron chi connectivity index (χ4n) is 4.75. The molecule has 0 saturated carbocycles. The third-order valence-corrected chi connectivity index (χ3v) is 6.52. The van der Waals surface area contributed by atoms with Crippen LogP contribution >= 0.6 is 0 Å². The zero-order chi connectivity index (χ0) is 23.4. The third-order valence-electron chi connectivity index (χ3n) is 6.52. The van der Waals surface area contributed by atoms with Crippen molar-refractivity contribution in [3.05, 3.63) is 59.8 Å². The molecular weight excluding hydrogens is 427 g/mol. The number of nitrogens with zero attached hydrogens (tertiary/aromatic N) is 3. The Kier molecular flexibility index (Phi) is 6.78. The average Bonchev–Trinajstić information content (AvgIpc) is 3.35. The van der Waals surface area contributed by atoms with Gasteiger partial charge >= 0.3 is 0 Å². The maximum Gasteiger partial charge on any atom is 0.289 e. The van der Waals surface area contributed by atoms with E-state index in [0.29, 0.717) is 63.4 Å². The summed E-state index contributed by atoms with van der Waals surface area (Å²) in [4.78, 5) is 42.7. The molecule has 0 spiro atoms. The standard InChI is InChI=1S/C24H29FN4O4/c1-18(30)26-24(19-5-2-3-6-20(19)25)8-10-27(11-9-24)17-22(31)28-12-14-29(15-13-28)23(32)21-7-4-16-33-21/h2-7,16H,8-15,17H2,1H3,(H,26,30). The van der Waals surface area contributed by atoms with Gasteiger partial charge in [-0.05, 0) is 31.0 Å². The molecule has 3 heterocycles. The first-order valence-corrected chi connectivity index (χ1v) is 11.2. The van der Waals surface area contributed by atoms with Crippen molar-refractivity contribution < 1.29 is 23.2 Å². The highest BCUT2D eigenvalue weighted by atomic mass is 19.1. The van der Waals surface area contributed by atoms with Crippen molar-refractivity contribution in [3.63, 3.8) is 0 Å². The van der Waals surface area contributed by atoms with Crippen LogP contribution < -0.4 is 5.32 Å². The lowest BCUT2D eigenvalue weighted by molar-refractivity contribution is -0.134. The number of likely N-dealkylation sites (tertiary alicyclic amines) is 1.